The third-order valence-electron chi connectivity index (χ3n) is 6.61. The molecule has 9 heteroatoms. The Labute approximate surface area is 201 Å². The second-order valence-corrected chi connectivity index (χ2v) is 10.8. The zero-order valence-electron chi connectivity index (χ0n) is 20.1. The summed E-state index contributed by atoms with van der Waals surface area (Å²) in [6, 6.07) is 8.63. The Hall–Kier alpha value is -2.78. The van der Waals surface area contributed by atoms with Gasteiger partial charge in [-0.15, -0.1) is 0 Å². The van der Waals surface area contributed by atoms with Gasteiger partial charge in [0.25, 0.3) is 0 Å². The van der Waals surface area contributed by atoms with Crippen LogP contribution in [0.4, 0.5) is 0 Å². The Morgan fingerprint density at radius 3 is 2.41 bits per heavy atom. The van der Waals surface area contributed by atoms with Crippen LogP contribution in [0.15, 0.2) is 35.2 Å². The van der Waals surface area contributed by atoms with E-state index < -0.39 is 10.0 Å². The molecule has 1 amide bonds. The normalized spacial score (nSPS) is 19.1. The van der Waals surface area contributed by atoms with Crippen molar-refractivity contribution in [2.45, 2.75) is 44.0 Å². The lowest BCUT2D eigenvalue weighted by Crippen LogP contribution is -2.44. The highest BCUT2D eigenvalue weighted by Crippen LogP contribution is 2.36. The number of ether oxygens (including phenoxy) is 3. The van der Waals surface area contributed by atoms with E-state index in [1.807, 2.05) is 13.8 Å². The summed E-state index contributed by atoms with van der Waals surface area (Å²) in [4.78, 5) is 13.2. The highest BCUT2D eigenvalue weighted by atomic mass is 32.2. The first-order valence-corrected chi connectivity index (χ1v) is 12.9. The van der Waals surface area contributed by atoms with Crippen molar-refractivity contribution in [3.63, 3.8) is 0 Å². The summed E-state index contributed by atoms with van der Waals surface area (Å²) in [7, 11) is -0.723. The van der Waals surface area contributed by atoms with Crippen molar-refractivity contribution in [3.8, 4) is 17.2 Å². The molecule has 4 rings (SSSR count). The van der Waals surface area contributed by atoms with Crippen molar-refractivity contribution in [1.29, 1.82) is 0 Å². The molecule has 34 heavy (non-hydrogen) atoms. The van der Waals surface area contributed by atoms with Crippen LogP contribution in [0.3, 0.4) is 0 Å². The topological polar surface area (TPSA) is 94.2 Å². The van der Waals surface area contributed by atoms with Gasteiger partial charge in [-0.25, -0.2) is 8.42 Å². The highest BCUT2D eigenvalue weighted by molar-refractivity contribution is 7.89. The molecule has 1 unspecified atom stereocenters. The molecule has 1 fully saturated rings. The van der Waals surface area contributed by atoms with Gasteiger partial charge < -0.3 is 19.5 Å². The fraction of sp³-hybridized carbons (Fsp3) is 0.480. The minimum absolute atomic E-state index is 0.0276. The van der Waals surface area contributed by atoms with Crippen LogP contribution >= 0.6 is 0 Å². The second-order valence-electron chi connectivity index (χ2n) is 8.89. The van der Waals surface area contributed by atoms with Crippen LogP contribution in [0, 0.1) is 19.8 Å². The predicted molar refractivity (Wildman–Crippen MR) is 128 cm³/mol. The number of sulfonamides is 1. The molecule has 1 saturated heterocycles. The van der Waals surface area contributed by atoms with Gasteiger partial charge in [-0.05, 0) is 44.4 Å². The van der Waals surface area contributed by atoms with Gasteiger partial charge in [0.15, 0.2) is 11.5 Å². The zero-order chi connectivity index (χ0) is 24.5. The number of piperidine rings is 1. The number of benzene rings is 2. The van der Waals surface area contributed by atoms with Gasteiger partial charge in [0.05, 0.1) is 31.8 Å². The van der Waals surface area contributed by atoms with Crippen molar-refractivity contribution in [2.24, 2.45) is 5.92 Å². The van der Waals surface area contributed by atoms with Crippen LogP contribution in [0.5, 0.6) is 17.2 Å². The van der Waals surface area contributed by atoms with E-state index in [-0.39, 0.29) is 35.9 Å². The minimum atomic E-state index is -3.70. The quantitative estimate of drug-likeness (QED) is 0.670. The van der Waals surface area contributed by atoms with E-state index in [4.69, 9.17) is 14.2 Å². The number of nitrogens with zero attached hydrogens (tertiary/aromatic N) is 1. The Bertz CT molecular complexity index is 1170. The van der Waals surface area contributed by atoms with Crippen LogP contribution in [0.25, 0.3) is 0 Å². The number of aryl methyl sites for hydroxylation is 2. The first-order chi connectivity index (χ1) is 16.2. The second kappa shape index (κ2) is 9.84. The van der Waals surface area contributed by atoms with Crippen molar-refractivity contribution in [2.75, 3.05) is 33.9 Å². The number of nitrogens with one attached hydrogen (secondary N) is 1. The Kier molecular flexibility index (Phi) is 7.04. The molecule has 1 atom stereocenters. The molecule has 0 radical (unpaired) electrons. The first kappa shape index (κ1) is 24.3. The highest BCUT2D eigenvalue weighted by Gasteiger charge is 2.34. The molecular formula is C25H32N2O6S. The zero-order valence-corrected chi connectivity index (χ0v) is 20.9. The fourth-order valence-electron chi connectivity index (χ4n) is 4.80. The molecule has 2 aromatic carbocycles. The van der Waals surface area contributed by atoms with Gasteiger partial charge in [0.1, 0.15) is 5.75 Å². The van der Waals surface area contributed by atoms with Gasteiger partial charge >= 0.3 is 0 Å². The van der Waals surface area contributed by atoms with E-state index in [0.717, 1.165) is 22.4 Å². The predicted octanol–water partition coefficient (Wildman–Crippen LogP) is 3.36. The Morgan fingerprint density at radius 1 is 1.03 bits per heavy atom. The maximum absolute atomic E-state index is 13.2. The van der Waals surface area contributed by atoms with Gasteiger partial charge in [-0.3, -0.25) is 4.79 Å². The number of carbonyl (C=O) groups is 1. The summed E-state index contributed by atoms with van der Waals surface area (Å²) in [6.45, 7) is 5.19. The Morgan fingerprint density at radius 2 is 1.74 bits per heavy atom. The van der Waals surface area contributed by atoms with Crippen molar-refractivity contribution >= 4 is 15.9 Å². The SMILES string of the molecule is COc1ccc(S(=O)(=O)N2CCC(C(=O)NC3CCOc4c(C)cc(C)cc43)CC2)cc1OC. The molecule has 0 aliphatic carbocycles. The molecule has 184 valence electrons. The maximum atomic E-state index is 13.2. The summed E-state index contributed by atoms with van der Waals surface area (Å²) >= 11 is 0. The van der Waals surface area contributed by atoms with Crippen LogP contribution in [0.1, 0.15) is 42.0 Å². The maximum Gasteiger partial charge on any atom is 0.243 e. The van der Waals surface area contributed by atoms with E-state index in [9.17, 15) is 13.2 Å². The molecule has 0 spiro atoms. The van der Waals surface area contributed by atoms with Crippen LogP contribution in [0.2, 0.25) is 0 Å². The Balaban J connectivity index is 1.41. The lowest BCUT2D eigenvalue weighted by Gasteiger charge is -2.33. The van der Waals surface area contributed by atoms with Crippen molar-refractivity contribution in [3.05, 3.63) is 47.0 Å². The van der Waals surface area contributed by atoms with E-state index in [0.29, 0.717) is 37.4 Å². The molecule has 2 aliphatic rings. The van der Waals surface area contributed by atoms with Gasteiger partial charge in [-0.1, -0.05) is 17.7 Å². The molecular weight excluding hydrogens is 456 g/mol. The van der Waals surface area contributed by atoms with Gasteiger partial charge in [0.2, 0.25) is 15.9 Å². The number of fused-ring (bicyclic) bond motifs is 1. The number of carbonyl (C=O) groups excluding carboxylic acids is 1. The molecule has 2 aromatic rings. The van der Waals surface area contributed by atoms with Crippen LogP contribution in [-0.4, -0.2) is 52.5 Å². The van der Waals surface area contributed by atoms with Crippen LogP contribution in [-0.2, 0) is 14.8 Å². The first-order valence-electron chi connectivity index (χ1n) is 11.5. The van der Waals surface area contributed by atoms with Gasteiger partial charge in [-0.2, -0.15) is 4.31 Å². The van der Waals surface area contributed by atoms with E-state index in [1.54, 1.807) is 6.07 Å². The third kappa shape index (κ3) is 4.72. The molecule has 0 aromatic heterocycles. The molecule has 0 saturated carbocycles. The monoisotopic (exact) mass is 488 g/mol. The molecule has 8 nitrogen and oxygen atoms in total. The number of rotatable bonds is 6. The minimum Gasteiger partial charge on any atom is -0.493 e. The largest absolute Gasteiger partial charge is 0.493 e. The summed E-state index contributed by atoms with van der Waals surface area (Å²) in [5.74, 6) is 1.43. The van der Waals surface area contributed by atoms with Crippen molar-refractivity contribution in [1.82, 2.24) is 9.62 Å². The van der Waals surface area contributed by atoms with Crippen molar-refractivity contribution < 1.29 is 27.4 Å². The smallest absolute Gasteiger partial charge is 0.243 e. The number of methoxy groups -OCH3 is 2. The summed E-state index contributed by atoms with van der Waals surface area (Å²) < 4.78 is 44.1. The summed E-state index contributed by atoms with van der Waals surface area (Å²) in [5, 5.41) is 3.19. The standard InChI is InChI=1S/C25H32N2O6S/c1-16-13-17(2)24-20(14-16)21(9-12-33-24)26-25(28)18-7-10-27(11-8-18)34(29,30)19-5-6-22(31-3)23(15-19)32-4/h5-6,13-15,18,21H,7-12H2,1-4H3,(H,26,28). The van der Waals surface area contributed by atoms with E-state index in [1.165, 1.54) is 30.7 Å². The molecule has 2 aliphatic heterocycles. The summed E-state index contributed by atoms with van der Waals surface area (Å²) in [5.41, 5.74) is 3.22. The molecule has 2 heterocycles. The van der Waals surface area contributed by atoms with E-state index >= 15 is 0 Å². The molecule has 0 bridgehead atoms. The average molecular weight is 489 g/mol. The average Bonchev–Trinajstić information content (AvgIpc) is 2.84. The van der Waals surface area contributed by atoms with Crippen LogP contribution < -0.4 is 19.5 Å². The number of hydrogen-bond acceptors (Lipinski definition) is 6. The van der Waals surface area contributed by atoms with E-state index in [2.05, 4.69) is 17.4 Å². The number of hydrogen-bond donors (Lipinski definition) is 1. The number of amides is 1. The lowest BCUT2D eigenvalue weighted by atomic mass is 9.93. The fourth-order valence-corrected chi connectivity index (χ4v) is 6.29. The molecule has 1 N–H and O–H groups in total. The summed E-state index contributed by atoms with van der Waals surface area (Å²) in [6.07, 6.45) is 1.66. The third-order valence-corrected chi connectivity index (χ3v) is 8.50. The van der Waals surface area contributed by atoms with Gasteiger partial charge in [0, 0.05) is 37.1 Å². The lowest BCUT2D eigenvalue weighted by molar-refractivity contribution is -0.127.